The summed E-state index contributed by atoms with van der Waals surface area (Å²) in [7, 11) is 2.09. The Hall–Kier alpha value is -4.66. The van der Waals surface area contributed by atoms with E-state index in [9.17, 15) is 18.8 Å². The number of anilines is 1. The Bertz CT molecular complexity index is 1620. The minimum atomic E-state index is -0.318. The lowest BCUT2D eigenvalue weighted by atomic mass is 10.1. The van der Waals surface area contributed by atoms with Gasteiger partial charge in [0.05, 0.1) is 12.8 Å². The molecule has 1 aliphatic heterocycles. The maximum Gasteiger partial charge on any atom is 0.293 e. The Labute approximate surface area is 304 Å². The Balaban J connectivity index is 0.000000908. The number of hydrogen-bond donors (Lipinski definition) is 4. The summed E-state index contributed by atoms with van der Waals surface area (Å²) in [5.41, 5.74) is 14.6. The van der Waals surface area contributed by atoms with Crippen LogP contribution in [0.25, 0.3) is 0 Å². The number of piperazine rings is 1. The van der Waals surface area contributed by atoms with Gasteiger partial charge in [0.25, 0.3) is 6.47 Å². The first-order chi connectivity index (χ1) is 24.3. The van der Waals surface area contributed by atoms with Gasteiger partial charge < -0.3 is 31.7 Å². The van der Waals surface area contributed by atoms with Crippen molar-refractivity contribution in [3.63, 3.8) is 0 Å². The van der Waals surface area contributed by atoms with E-state index in [1.807, 2.05) is 51.1 Å². The Morgan fingerprint density at radius 1 is 0.961 bits per heavy atom. The SMILES string of the molecule is CC(C)(C)OC=O.CN1CCN(Cc2cc(CC(=O)Nc3nnc(CCCC/C(N)=C/C=C(\N)NC(=O)Cc4ccccc4)s3)ccc2F)CC1. The number of rotatable bonds is 15. The number of ether oxygens (including phenoxy) is 1. The number of hydrogen-bond acceptors (Lipinski definition) is 11. The fraction of sp³-hybridized carbons (Fsp3) is 0.432. The molecule has 0 radical (unpaired) electrons. The van der Waals surface area contributed by atoms with Crippen LogP contribution in [-0.2, 0) is 44.9 Å². The molecule has 6 N–H and O–H groups in total. The lowest BCUT2D eigenvalue weighted by molar-refractivity contribution is -0.138. The largest absolute Gasteiger partial charge is 0.462 e. The van der Waals surface area contributed by atoms with E-state index in [1.165, 1.54) is 17.4 Å². The van der Waals surface area contributed by atoms with Gasteiger partial charge in [-0.1, -0.05) is 53.8 Å². The van der Waals surface area contributed by atoms with E-state index in [-0.39, 0.29) is 41.9 Å². The van der Waals surface area contributed by atoms with E-state index in [4.69, 9.17) is 11.5 Å². The number of nitrogens with zero attached hydrogens (tertiary/aromatic N) is 4. The van der Waals surface area contributed by atoms with Gasteiger partial charge in [-0.05, 0) is 76.4 Å². The molecule has 51 heavy (non-hydrogen) atoms. The molecule has 1 aliphatic rings. The van der Waals surface area contributed by atoms with Gasteiger partial charge in [-0.2, -0.15) is 0 Å². The number of amides is 2. The zero-order valence-corrected chi connectivity index (χ0v) is 30.8. The Morgan fingerprint density at radius 3 is 2.33 bits per heavy atom. The first kappa shape index (κ1) is 40.8. The van der Waals surface area contributed by atoms with Crippen LogP contribution in [0.3, 0.4) is 0 Å². The van der Waals surface area contributed by atoms with Crippen molar-refractivity contribution in [1.82, 2.24) is 25.3 Å². The van der Waals surface area contributed by atoms with Gasteiger partial charge in [-0.25, -0.2) is 4.39 Å². The molecule has 0 bridgehead atoms. The molecule has 2 aromatic carbocycles. The van der Waals surface area contributed by atoms with Crippen molar-refractivity contribution in [1.29, 1.82) is 0 Å². The van der Waals surface area contributed by atoms with Crippen molar-refractivity contribution in [3.05, 3.63) is 99.7 Å². The topological polar surface area (TPSA) is 169 Å². The highest BCUT2D eigenvalue weighted by Crippen LogP contribution is 2.19. The van der Waals surface area contributed by atoms with Crippen molar-refractivity contribution in [3.8, 4) is 0 Å². The number of nitrogens with two attached hydrogens (primary N) is 2. The van der Waals surface area contributed by atoms with Crippen LogP contribution in [0.5, 0.6) is 0 Å². The highest BCUT2D eigenvalue weighted by molar-refractivity contribution is 7.15. The van der Waals surface area contributed by atoms with E-state index >= 15 is 0 Å². The molecule has 0 aliphatic carbocycles. The smallest absolute Gasteiger partial charge is 0.293 e. The summed E-state index contributed by atoms with van der Waals surface area (Å²) in [6, 6.07) is 14.3. The van der Waals surface area contributed by atoms with Gasteiger partial charge in [0.15, 0.2) is 0 Å². The lowest BCUT2D eigenvalue weighted by Gasteiger charge is -2.32. The van der Waals surface area contributed by atoms with Crippen LogP contribution in [0, 0.1) is 5.82 Å². The molecule has 0 unspecified atom stereocenters. The molecule has 3 aromatic rings. The summed E-state index contributed by atoms with van der Waals surface area (Å²) < 4.78 is 19.0. The van der Waals surface area contributed by atoms with Gasteiger partial charge in [0, 0.05) is 50.4 Å². The number of aromatic nitrogens is 2. The minimum Gasteiger partial charge on any atom is -0.462 e. The fourth-order valence-corrected chi connectivity index (χ4v) is 5.72. The number of nitrogens with one attached hydrogen (secondary N) is 2. The zero-order valence-electron chi connectivity index (χ0n) is 30.0. The van der Waals surface area contributed by atoms with Gasteiger partial charge >= 0.3 is 0 Å². The number of halogens is 1. The Morgan fingerprint density at radius 2 is 1.67 bits per heavy atom. The molecule has 14 heteroatoms. The van der Waals surface area contributed by atoms with E-state index < -0.39 is 0 Å². The third-order valence-electron chi connectivity index (χ3n) is 7.65. The first-order valence-electron chi connectivity index (χ1n) is 17.0. The predicted molar refractivity (Wildman–Crippen MR) is 199 cm³/mol. The van der Waals surface area contributed by atoms with Gasteiger partial charge in [0.2, 0.25) is 16.9 Å². The van der Waals surface area contributed by atoms with Crippen LogP contribution in [0.15, 0.2) is 72.2 Å². The number of aryl methyl sites for hydroxylation is 1. The molecular weight excluding hydrogens is 672 g/mol. The van der Waals surface area contributed by atoms with Crippen molar-refractivity contribution in [2.45, 2.75) is 71.4 Å². The fourth-order valence-electron chi connectivity index (χ4n) is 4.92. The normalized spacial score (nSPS) is 14.3. The average Bonchev–Trinajstić information content (AvgIpc) is 3.51. The second-order valence-corrected chi connectivity index (χ2v) is 14.4. The minimum absolute atomic E-state index is 0.131. The first-order valence-corrected chi connectivity index (χ1v) is 17.8. The highest BCUT2D eigenvalue weighted by Gasteiger charge is 2.17. The summed E-state index contributed by atoms with van der Waals surface area (Å²) in [5, 5.41) is 15.0. The van der Waals surface area contributed by atoms with Crippen LogP contribution in [0.2, 0.25) is 0 Å². The molecule has 0 spiro atoms. The molecule has 276 valence electrons. The molecule has 0 saturated carbocycles. The van der Waals surface area contributed by atoms with Crippen molar-refractivity contribution in [2.24, 2.45) is 11.5 Å². The Kier molecular flexibility index (Phi) is 16.7. The summed E-state index contributed by atoms with van der Waals surface area (Å²) in [5.74, 6) is -0.414. The second-order valence-electron chi connectivity index (χ2n) is 13.3. The molecule has 1 saturated heterocycles. The predicted octanol–water partition coefficient (Wildman–Crippen LogP) is 4.28. The molecule has 1 fully saturated rings. The lowest BCUT2D eigenvalue weighted by Crippen LogP contribution is -2.44. The number of benzene rings is 2. The molecule has 12 nitrogen and oxygen atoms in total. The van der Waals surface area contributed by atoms with Crippen molar-refractivity contribution >= 4 is 34.8 Å². The third-order valence-corrected chi connectivity index (χ3v) is 8.55. The number of carbonyl (C=O) groups is 3. The summed E-state index contributed by atoms with van der Waals surface area (Å²) in [6.45, 7) is 10.2. The van der Waals surface area contributed by atoms with Crippen LogP contribution in [0.1, 0.15) is 61.7 Å². The maximum atomic E-state index is 14.4. The van der Waals surface area contributed by atoms with Gasteiger partial charge in [-0.15, -0.1) is 10.2 Å². The number of allylic oxidation sites excluding steroid dienone is 3. The monoisotopic (exact) mass is 722 g/mol. The van der Waals surface area contributed by atoms with Crippen molar-refractivity contribution < 1.29 is 23.5 Å². The number of carbonyl (C=O) groups excluding carboxylic acids is 3. The zero-order chi connectivity index (χ0) is 37.2. The molecule has 0 atom stereocenters. The summed E-state index contributed by atoms with van der Waals surface area (Å²) in [4.78, 5) is 38.9. The molecule has 4 rings (SSSR count). The van der Waals surface area contributed by atoms with Crippen LogP contribution in [-0.4, -0.2) is 77.1 Å². The van der Waals surface area contributed by atoms with E-state index in [1.54, 1.807) is 24.3 Å². The molecule has 2 heterocycles. The van der Waals surface area contributed by atoms with Gasteiger partial charge in [-0.3, -0.25) is 19.3 Å². The second kappa shape index (κ2) is 20.9. The van der Waals surface area contributed by atoms with Crippen LogP contribution >= 0.6 is 11.3 Å². The molecule has 1 aromatic heterocycles. The molecule has 2 amide bonds. The van der Waals surface area contributed by atoms with Gasteiger partial charge in [0.1, 0.15) is 22.2 Å². The van der Waals surface area contributed by atoms with E-state index in [2.05, 4.69) is 42.4 Å². The maximum absolute atomic E-state index is 14.4. The summed E-state index contributed by atoms with van der Waals surface area (Å²) >= 11 is 1.34. The van der Waals surface area contributed by atoms with Crippen LogP contribution in [0.4, 0.5) is 9.52 Å². The van der Waals surface area contributed by atoms with E-state index in [0.29, 0.717) is 42.3 Å². The van der Waals surface area contributed by atoms with E-state index in [0.717, 1.165) is 55.2 Å². The third kappa shape index (κ3) is 16.7. The van der Waals surface area contributed by atoms with Crippen LogP contribution < -0.4 is 22.1 Å². The standard InChI is InChI=1S/C32H41FN8O2S.C5H10O2/c1-40-15-17-41(18-16-40)22-25-19-24(11-13-27(25)33)21-30(43)37-32-39-38-31(44-32)10-6-5-9-26(34)12-14-28(35)36-29(42)20-23-7-3-2-4-8-23;1-5(2,3)7-4-6/h2-4,7-8,11-14,19H,5-6,9-10,15-18,20-22,34-35H2,1H3,(H,36,42)(H,37,39,43);4H,1-3H3/b26-12-,28-14+;. The molecular formula is C37H51FN8O4S. The summed E-state index contributed by atoms with van der Waals surface area (Å²) in [6.07, 6.45) is 6.73. The highest BCUT2D eigenvalue weighted by atomic mass is 32.1. The number of likely N-dealkylation sites (N-methyl/N-ethyl adjacent to an activating group) is 1. The number of unbranched alkanes of at least 4 members (excludes halogenated alkanes) is 1. The van der Waals surface area contributed by atoms with Crippen molar-refractivity contribution in [2.75, 3.05) is 38.5 Å². The quantitative estimate of drug-likeness (QED) is 0.101. The average molecular weight is 723 g/mol.